The van der Waals surface area contributed by atoms with Crippen molar-refractivity contribution in [2.45, 2.75) is 37.0 Å². The molecule has 0 saturated carbocycles. The fraction of sp³-hybridized carbons (Fsp3) is 0.625. The lowest BCUT2D eigenvalue weighted by atomic mass is 9.92. The van der Waals surface area contributed by atoms with Gasteiger partial charge in [0.15, 0.2) is 5.70 Å². The number of carbonyl (C=O) groups excluding carboxylic acids is 1. The largest absolute Gasteiger partial charge is 0.477 e. The molecule has 2 saturated heterocycles. The van der Waals surface area contributed by atoms with E-state index in [1.165, 1.54) is 22.4 Å². The van der Waals surface area contributed by atoms with Crippen LogP contribution < -0.4 is 0 Å². The fourth-order valence-corrected chi connectivity index (χ4v) is 7.09. The monoisotopic (exact) mass is 383 g/mol. The van der Waals surface area contributed by atoms with Crippen LogP contribution in [0.4, 0.5) is 0 Å². The molecule has 0 aromatic carbocycles. The van der Waals surface area contributed by atoms with Gasteiger partial charge in [0, 0.05) is 25.0 Å². The second-order valence-electron chi connectivity index (χ2n) is 6.68. The van der Waals surface area contributed by atoms with E-state index in [4.69, 9.17) is 0 Å². The number of β-lactam (4-membered cyclic amide) rings is 1. The Balaban J connectivity index is 1.56. The molecule has 0 aromatic heterocycles. The first-order valence-electron chi connectivity index (χ1n) is 8.45. The summed E-state index contributed by atoms with van der Waals surface area (Å²) in [6.45, 7) is 6.53. The normalized spacial score (nSPS) is 32.0. The minimum atomic E-state index is -1.07. The number of fused-ring (bicyclic) bond motifs is 2. The van der Waals surface area contributed by atoms with E-state index >= 15 is 0 Å². The van der Waals surface area contributed by atoms with E-state index < -0.39 is 18.0 Å². The first kappa shape index (κ1) is 17.1. The van der Waals surface area contributed by atoms with Crippen LogP contribution in [0.25, 0.3) is 0 Å². The molecule has 4 aliphatic heterocycles. The molecule has 0 aromatic rings. The van der Waals surface area contributed by atoms with Crippen LogP contribution in [-0.2, 0) is 9.59 Å². The number of aliphatic hydroxyl groups is 1. The van der Waals surface area contributed by atoms with Gasteiger partial charge in [-0.3, -0.25) is 9.69 Å². The summed E-state index contributed by atoms with van der Waals surface area (Å²) in [4.78, 5) is 29.9. The van der Waals surface area contributed by atoms with Crippen molar-refractivity contribution in [3.05, 3.63) is 21.8 Å². The van der Waals surface area contributed by atoms with Crippen LogP contribution in [0.2, 0.25) is 0 Å². The molecule has 0 spiro atoms. The molecule has 7 nitrogen and oxygen atoms in total. The van der Waals surface area contributed by atoms with Gasteiger partial charge >= 0.3 is 5.97 Å². The lowest BCUT2D eigenvalue weighted by molar-refractivity contribution is -0.156. The van der Waals surface area contributed by atoms with Gasteiger partial charge in [0.2, 0.25) is 5.91 Å². The van der Waals surface area contributed by atoms with E-state index in [1.807, 2.05) is 0 Å². The number of thioether (sulfide) groups is 2. The summed E-state index contributed by atoms with van der Waals surface area (Å²) >= 11 is 2.97. The highest BCUT2D eigenvalue weighted by Crippen LogP contribution is 2.56. The highest BCUT2D eigenvalue weighted by atomic mass is 32.2. The molecule has 4 aliphatic rings. The zero-order chi connectivity index (χ0) is 17.9. The van der Waals surface area contributed by atoms with Crippen LogP contribution in [0.1, 0.15) is 20.3 Å². The van der Waals surface area contributed by atoms with Gasteiger partial charge < -0.3 is 20.0 Å². The smallest absolute Gasteiger partial charge is 0.354 e. The number of aliphatic carboxylic acids is 1. The molecule has 4 rings (SSSR count). The van der Waals surface area contributed by atoms with Gasteiger partial charge in [-0.15, -0.1) is 11.8 Å². The third kappa shape index (κ3) is 2.55. The standard InChI is InChI=1S/C16H21N3O4S2/c1-3-17-6-9-10(4-5-18(9)7-17)24-16-12(15(22)23)19-13(21)11(8(2)20)14(19)25-16/h6,8,10-11,14,20H,3-5,7H2,1-2H3,(H,22,23)/t8-,10?,11-,14+/m1/s1. The summed E-state index contributed by atoms with van der Waals surface area (Å²) in [6, 6.07) is 0. The molecular weight excluding hydrogens is 362 g/mol. The average Bonchev–Trinajstić information content (AvgIpc) is 3.19. The number of carboxylic acids is 1. The Morgan fingerprint density at radius 3 is 2.92 bits per heavy atom. The van der Waals surface area contributed by atoms with Gasteiger partial charge in [0.1, 0.15) is 5.37 Å². The number of rotatable bonds is 5. The van der Waals surface area contributed by atoms with Gasteiger partial charge in [-0.1, -0.05) is 11.8 Å². The predicted octanol–water partition coefficient (Wildman–Crippen LogP) is 1.09. The fourth-order valence-electron chi connectivity index (χ4n) is 3.79. The van der Waals surface area contributed by atoms with Crippen LogP contribution in [0, 0.1) is 5.92 Å². The molecule has 1 unspecified atom stereocenters. The maximum absolute atomic E-state index is 12.3. The van der Waals surface area contributed by atoms with Crippen LogP contribution >= 0.6 is 23.5 Å². The van der Waals surface area contributed by atoms with Crippen molar-refractivity contribution in [2.24, 2.45) is 5.92 Å². The van der Waals surface area contributed by atoms with E-state index in [0.29, 0.717) is 4.24 Å². The quantitative estimate of drug-likeness (QED) is 0.683. The van der Waals surface area contributed by atoms with Crippen molar-refractivity contribution in [2.75, 3.05) is 19.8 Å². The SMILES string of the molecule is CCN1C=C2C(SC3=C(C(=O)O)N4C(=O)[C@@H]([C@@H](C)O)[C@@H]4S3)CCN2C1. The summed E-state index contributed by atoms with van der Waals surface area (Å²) < 4.78 is 0.691. The van der Waals surface area contributed by atoms with Gasteiger partial charge in [0.05, 0.1) is 28.2 Å². The summed E-state index contributed by atoms with van der Waals surface area (Å²) in [5.41, 5.74) is 1.34. The number of hydrogen-bond donors (Lipinski definition) is 2. The highest BCUT2D eigenvalue weighted by Gasteiger charge is 2.58. The van der Waals surface area contributed by atoms with E-state index in [-0.39, 0.29) is 22.2 Å². The van der Waals surface area contributed by atoms with Gasteiger partial charge in [-0.05, 0) is 20.3 Å². The average molecular weight is 383 g/mol. The lowest BCUT2D eigenvalue weighted by Gasteiger charge is -2.43. The van der Waals surface area contributed by atoms with E-state index in [9.17, 15) is 19.8 Å². The Kier molecular flexibility index (Phi) is 4.20. The maximum atomic E-state index is 12.3. The highest BCUT2D eigenvalue weighted by molar-refractivity contribution is 8.23. The summed E-state index contributed by atoms with van der Waals surface area (Å²) in [5, 5.41) is 19.4. The third-order valence-corrected chi connectivity index (χ3v) is 8.05. The minimum absolute atomic E-state index is 0.0892. The number of aliphatic hydroxyl groups excluding tert-OH is 1. The minimum Gasteiger partial charge on any atom is -0.477 e. The van der Waals surface area contributed by atoms with Gasteiger partial charge in [-0.2, -0.15) is 0 Å². The van der Waals surface area contributed by atoms with E-state index in [1.54, 1.807) is 18.7 Å². The van der Waals surface area contributed by atoms with Crippen LogP contribution in [0.5, 0.6) is 0 Å². The van der Waals surface area contributed by atoms with Crippen molar-refractivity contribution in [1.82, 2.24) is 14.7 Å². The van der Waals surface area contributed by atoms with Gasteiger partial charge in [-0.25, -0.2) is 4.79 Å². The molecule has 2 fully saturated rings. The molecular formula is C16H21N3O4S2. The Morgan fingerprint density at radius 2 is 2.28 bits per heavy atom. The van der Waals surface area contributed by atoms with Crippen molar-refractivity contribution in [3.63, 3.8) is 0 Å². The summed E-state index contributed by atoms with van der Waals surface area (Å²) in [6.07, 6.45) is 2.38. The van der Waals surface area contributed by atoms with E-state index in [2.05, 4.69) is 22.9 Å². The van der Waals surface area contributed by atoms with Crippen molar-refractivity contribution in [1.29, 1.82) is 0 Å². The maximum Gasteiger partial charge on any atom is 0.354 e. The Morgan fingerprint density at radius 1 is 1.52 bits per heavy atom. The first-order chi connectivity index (χ1) is 11.9. The predicted molar refractivity (Wildman–Crippen MR) is 96.1 cm³/mol. The molecule has 9 heteroatoms. The molecule has 0 aliphatic carbocycles. The van der Waals surface area contributed by atoms with Gasteiger partial charge in [0.25, 0.3) is 0 Å². The number of hydrogen-bond acceptors (Lipinski definition) is 7. The third-order valence-electron chi connectivity index (χ3n) is 5.15. The lowest BCUT2D eigenvalue weighted by Crippen LogP contribution is -2.60. The summed E-state index contributed by atoms with van der Waals surface area (Å²) in [7, 11) is 0. The number of carbonyl (C=O) groups is 2. The van der Waals surface area contributed by atoms with Crippen LogP contribution in [0.15, 0.2) is 21.8 Å². The Hall–Kier alpha value is -1.32. The molecule has 136 valence electrons. The topological polar surface area (TPSA) is 84.3 Å². The second kappa shape index (κ2) is 6.14. The van der Waals surface area contributed by atoms with Crippen molar-refractivity contribution >= 4 is 35.4 Å². The van der Waals surface area contributed by atoms with Crippen molar-refractivity contribution in [3.8, 4) is 0 Å². The molecule has 4 heterocycles. The molecule has 2 N–H and O–H groups in total. The number of nitrogens with zero attached hydrogens (tertiary/aromatic N) is 3. The van der Waals surface area contributed by atoms with Crippen LogP contribution in [0.3, 0.4) is 0 Å². The Bertz CT molecular complexity index is 693. The van der Waals surface area contributed by atoms with E-state index in [0.717, 1.165) is 26.2 Å². The number of carboxylic acid groups (broad SMARTS) is 1. The van der Waals surface area contributed by atoms with Crippen molar-refractivity contribution < 1.29 is 19.8 Å². The number of amides is 1. The molecule has 25 heavy (non-hydrogen) atoms. The first-order valence-corrected chi connectivity index (χ1v) is 10.2. The molecule has 1 amide bonds. The zero-order valence-corrected chi connectivity index (χ0v) is 15.7. The zero-order valence-electron chi connectivity index (χ0n) is 14.1. The van der Waals surface area contributed by atoms with Crippen LogP contribution in [-0.4, -0.2) is 73.3 Å². The molecule has 0 bridgehead atoms. The second-order valence-corrected chi connectivity index (χ2v) is 9.28. The summed E-state index contributed by atoms with van der Waals surface area (Å²) in [5.74, 6) is -1.87. The Labute approximate surface area is 154 Å². The molecule has 4 atom stereocenters. The molecule has 0 radical (unpaired) electrons.